The highest BCUT2D eigenvalue weighted by molar-refractivity contribution is 6.42. The number of carboxylic acid groups (broad SMARTS) is 1. The first-order valence-corrected chi connectivity index (χ1v) is 20.1. The first-order chi connectivity index (χ1) is 28.9. The molecular formula is C46H40Cl2N4O8. The van der Waals surface area contributed by atoms with E-state index in [-0.39, 0.29) is 31.7 Å². The van der Waals surface area contributed by atoms with E-state index < -0.39 is 36.0 Å². The van der Waals surface area contributed by atoms with E-state index in [1.807, 2.05) is 86.6 Å². The van der Waals surface area contributed by atoms with Crippen molar-refractivity contribution >= 4 is 41.0 Å². The van der Waals surface area contributed by atoms with Gasteiger partial charge < -0.3 is 34.0 Å². The summed E-state index contributed by atoms with van der Waals surface area (Å²) in [4.78, 5) is 50.6. The lowest BCUT2D eigenvalue weighted by atomic mass is 9.91. The molecule has 2 aromatic heterocycles. The van der Waals surface area contributed by atoms with E-state index in [1.54, 1.807) is 25.3 Å². The maximum atomic E-state index is 14.1. The minimum Gasteiger partial charge on any atom is -0.489 e. The Labute approximate surface area is 356 Å². The Bertz CT molecular complexity index is 2600. The third kappa shape index (κ3) is 8.66. The van der Waals surface area contributed by atoms with E-state index in [2.05, 4.69) is 15.3 Å². The van der Waals surface area contributed by atoms with Crippen LogP contribution in [0, 0.1) is 20.8 Å². The molecule has 12 nitrogen and oxygen atoms in total. The lowest BCUT2D eigenvalue weighted by molar-refractivity contribution is -0.142. The molecule has 0 spiro atoms. The van der Waals surface area contributed by atoms with Crippen LogP contribution in [-0.2, 0) is 35.6 Å². The number of pyridine rings is 1. The Balaban J connectivity index is 0.980. The molecule has 3 atom stereocenters. The van der Waals surface area contributed by atoms with Crippen LogP contribution in [0.5, 0.6) is 17.2 Å². The zero-order valence-corrected chi connectivity index (χ0v) is 34.4. The van der Waals surface area contributed by atoms with E-state index in [4.69, 9.17) is 41.8 Å². The van der Waals surface area contributed by atoms with Gasteiger partial charge in [0.05, 0.1) is 10.0 Å². The van der Waals surface area contributed by atoms with Crippen LogP contribution in [0.4, 0.5) is 0 Å². The summed E-state index contributed by atoms with van der Waals surface area (Å²) in [5, 5.41) is 13.9. The monoisotopic (exact) mass is 846 g/mol. The van der Waals surface area contributed by atoms with Crippen molar-refractivity contribution in [2.45, 2.75) is 65.0 Å². The van der Waals surface area contributed by atoms with E-state index in [1.165, 1.54) is 11.2 Å². The highest BCUT2D eigenvalue weighted by atomic mass is 35.5. The van der Waals surface area contributed by atoms with Gasteiger partial charge in [0, 0.05) is 38.2 Å². The van der Waals surface area contributed by atoms with E-state index in [0.29, 0.717) is 39.8 Å². The highest BCUT2D eigenvalue weighted by Gasteiger charge is 2.39. The van der Waals surface area contributed by atoms with Gasteiger partial charge >= 0.3 is 5.97 Å². The highest BCUT2D eigenvalue weighted by Crippen LogP contribution is 2.41. The van der Waals surface area contributed by atoms with Crippen LogP contribution in [0.1, 0.15) is 61.6 Å². The number of oxazole rings is 1. The minimum absolute atomic E-state index is 0.0252. The molecule has 2 N–H and O–H groups in total. The van der Waals surface area contributed by atoms with Gasteiger partial charge in [0.25, 0.3) is 5.91 Å². The molecule has 0 aliphatic carbocycles. The summed E-state index contributed by atoms with van der Waals surface area (Å²) < 4.78 is 23.9. The summed E-state index contributed by atoms with van der Waals surface area (Å²) in [6.07, 6.45) is 2.71. The number of nitrogens with one attached hydrogen (secondary N) is 1. The second-order valence-electron chi connectivity index (χ2n) is 14.9. The number of benzene rings is 4. The van der Waals surface area contributed by atoms with E-state index >= 15 is 0 Å². The molecule has 0 saturated heterocycles. The molecule has 2 amide bonds. The van der Waals surface area contributed by atoms with Crippen molar-refractivity contribution in [3.8, 4) is 28.4 Å². The molecule has 2 aliphatic rings. The van der Waals surface area contributed by atoms with Crippen LogP contribution >= 0.6 is 23.2 Å². The van der Waals surface area contributed by atoms with Gasteiger partial charge in [-0.1, -0.05) is 65.7 Å². The van der Waals surface area contributed by atoms with Crippen LogP contribution < -0.4 is 19.5 Å². The smallest absolute Gasteiger partial charge is 0.326 e. The Hall–Kier alpha value is -6.37. The number of carbonyl (C=O) groups excluding carboxylic acids is 2. The van der Waals surface area contributed by atoms with Crippen molar-refractivity contribution in [1.29, 1.82) is 0 Å². The molecule has 0 saturated carbocycles. The summed E-state index contributed by atoms with van der Waals surface area (Å²) in [7, 11) is 0. The summed E-state index contributed by atoms with van der Waals surface area (Å²) in [6.45, 7) is 6.16. The van der Waals surface area contributed by atoms with Crippen LogP contribution in [0.25, 0.3) is 11.1 Å². The Morgan fingerprint density at radius 1 is 0.917 bits per heavy atom. The molecule has 4 aromatic carbocycles. The van der Waals surface area contributed by atoms with Gasteiger partial charge in [0.1, 0.15) is 37.3 Å². The zero-order valence-electron chi connectivity index (χ0n) is 32.9. The lowest BCUT2D eigenvalue weighted by Crippen LogP contribution is -2.56. The lowest BCUT2D eigenvalue weighted by Gasteiger charge is -2.37. The minimum atomic E-state index is -1.26. The Morgan fingerprint density at radius 2 is 1.67 bits per heavy atom. The largest absolute Gasteiger partial charge is 0.489 e. The molecule has 0 bridgehead atoms. The number of carboxylic acids is 1. The van der Waals surface area contributed by atoms with Gasteiger partial charge in [-0.3, -0.25) is 14.6 Å². The zero-order chi connectivity index (χ0) is 42.1. The normalized spacial score (nSPS) is 16.1. The molecule has 4 heterocycles. The van der Waals surface area contributed by atoms with Crippen LogP contribution in [0.15, 0.2) is 102 Å². The van der Waals surface area contributed by atoms with Crippen molar-refractivity contribution < 1.29 is 38.1 Å². The predicted octanol–water partition coefficient (Wildman–Crippen LogP) is 8.44. The number of ether oxygens (including phenoxy) is 3. The predicted molar refractivity (Wildman–Crippen MR) is 224 cm³/mol. The number of halogens is 2. The maximum absolute atomic E-state index is 14.1. The number of aryl methyl sites for hydroxylation is 2. The Morgan fingerprint density at radius 3 is 2.38 bits per heavy atom. The topological polar surface area (TPSA) is 153 Å². The summed E-state index contributed by atoms with van der Waals surface area (Å²) in [5.41, 5.74) is 8.03. The number of aromatic nitrogens is 2. The number of amides is 2. The molecule has 2 aliphatic heterocycles. The number of carbonyl (C=O) groups is 3. The van der Waals surface area contributed by atoms with Crippen LogP contribution in [0.3, 0.4) is 0 Å². The summed E-state index contributed by atoms with van der Waals surface area (Å²) in [5.74, 6) is -0.396. The van der Waals surface area contributed by atoms with Crippen LogP contribution in [-0.4, -0.2) is 56.4 Å². The van der Waals surface area contributed by atoms with Gasteiger partial charge in [-0.05, 0) is 101 Å². The molecule has 6 aromatic rings. The van der Waals surface area contributed by atoms with Gasteiger partial charge in [-0.25, -0.2) is 9.78 Å². The van der Waals surface area contributed by atoms with Crippen molar-refractivity contribution in [2.24, 2.45) is 0 Å². The molecule has 306 valence electrons. The van der Waals surface area contributed by atoms with Gasteiger partial charge in [0.2, 0.25) is 5.91 Å². The number of nitrogens with zero attached hydrogens (tertiary/aromatic N) is 3. The second kappa shape index (κ2) is 17.1. The average Bonchev–Trinajstić information content (AvgIpc) is 3.69. The maximum Gasteiger partial charge on any atom is 0.326 e. The number of rotatable bonds is 11. The van der Waals surface area contributed by atoms with Crippen molar-refractivity contribution in [3.05, 3.63) is 158 Å². The molecular weight excluding hydrogens is 807 g/mol. The van der Waals surface area contributed by atoms with Gasteiger partial charge in [-0.15, -0.1) is 0 Å². The molecule has 0 fully saturated rings. The SMILES string of the molecule is Cc1nc(C(=O)N2Cc3cc4c(cc3C[C@H]2C(=O)NC(Cc2ccc(-c3ccnc(C)c3C)cc2)C(=O)O)OC[C@H](c2ccc(OCc3ccc(Cl)c(Cl)c3)cc2)O4)co1. The van der Waals surface area contributed by atoms with Gasteiger partial charge in [0.15, 0.2) is 29.2 Å². The standard InChI is InChI=1S/C46H40Cl2N4O8/c1-25-26(2)49-15-14-35(25)30-7-4-28(5-8-30)17-38(46(55)56)51-44(53)40-18-32-19-41-42(20-33(32)21-52(40)45(54)39-23-57-27(3)50-39)60-43(24-59-41)31-9-11-34(12-10-31)58-22-29-6-13-36(47)37(48)16-29/h4-16,19-20,23,38,40,43H,17-18,21-22,24H2,1-3H3,(H,51,53)(H,55,56)/t38?,40-,43+/m0/s1. The average molecular weight is 848 g/mol. The van der Waals surface area contributed by atoms with E-state index in [0.717, 1.165) is 50.2 Å². The third-order valence-corrected chi connectivity index (χ3v) is 11.6. The quantitative estimate of drug-likeness (QED) is 0.130. The molecule has 8 rings (SSSR count). The van der Waals surface area contributed by atoms with Crippen molar-refractivity contribution in [2.75, 3.05) is 6.61 Å². The Kier molecular flexibility index (Phi) is 11.5. The number of hydrogen-bond donors (Lipinski definition) is 2. The van der Waals surface area contributed by atoms with Crippen LogP contribution in [0.2, 0.25) is 10.0 Å². The fourth-order valence-corrected chi connectivity index (χ4v) is 7.74. The van der Waals surface area contributed by atoms with Crippen molar-refractivity contribution in [3.63, 3.8) is 0 Å². The van der Waals surface area contributed by atoms with E-state index in [9.17, 15) is 19.5 Å². The third-order valence-electron chi connectivity index (χ3n) is 10.9. The fraction of sp³-hybridized carbons (Fsp3) is 0.239. The molecule has 1 unspecified atom stereocenters. The first-order valence-electron chi connectivity index (χ1n) is 19.3. The van der Waals surface area contributed by atoms with Gasteiger partial charge in [-0.2, -0.15) is 0 Å². The molecule has 60 heavy (non-hydrogen) atoms. The fourth-order valence-electron chi connectivity index (χ4n) is 7.42. The summed E-state index contributed by atoms with van der Waals surface area (Å²) in [6, 6.07) is 23.7. The number of fused-ring (bicyclic) bond motifs is 2. The van der Waals surface area contributed by atoms with Crippen molar-refractivity contribution in [1.82, 2.24) is 20.2 Å². The number of aliphatic carboxylic acids is 1. The molecule has 0 radical (unpaired) electrons. The first kappa shape index (κ1) is 40.4. The number of hydrogen-bond acceptors (Lipinski definition) is 9. The molecule has 14 heteroatoms. The second-order valence-corrected chi connectivity index (χ2v) is 15.7. The summed E-state index contributed by atoms with van der Waals surface area (Å²) >= 11 is 12.2.